The molecule has 1 aliphatic carbocycles. The predicted octanol–water partition coefficient (Wildman–Crippen LogP) is 3.89. The van der Waals surface area contributed by atoms with E-state index in [0.717, 1.165) is 33.9 Å². The number of hydrogen-bond acceptors (Lipinski definition) is 3. The Bertz CT molecular complexity index is 1040. The van der Waals surface area contributed by atoms with Crippen molar-refractivity contribution in [3.8, 4) is 0 Å². The average Bonchev–Trinajstić information content (AvgIpc) is 2.62. The molecule has 28 heavy (non-hydrogen) atoms. The van der Waals surface area contributed by atoms with Crippen molar-refractivity contribution in [2.45, 2.75) is 44.0 Å². The Morgan fingerprint density at radius 3 is 2.57 bits per heavy atom. The summed E-state index contributed by atoms with van der Waals surface area (Å²) in [6, 6.07) is 7.95. The Morgan fingerprint density at radius 2 is 1.93 bits per heavy atom. The normalized spacial score (nSPS) is 16.9. The van der Waals surface area contributed by atoms with Crippen LogP contribution in [0.4, 0.5) is 0 Å². The van der Waals surface area contributed by atoms with Crippen molar-refractivity contribution in [1.82, 2.24) is 4.72 Å². The lowest BCUT2D eigenvalue weighted by atomic mass is 9.82. The molecule has 2 N–H and O–H groups in total. The second-order valence-corrected chi connectivity index (χ2v) is 9.21. The summed E-state index contributed by atoms with van der Waals surface area (Å²) in [4.78, 5) is 11.1. The van der Waals surface area contributed by atoms with Gasteiger partial charge in [0.1, 0.15) is 0 Å². The number of hydrogen-bond donors (Lipinski definition) is 2. The molecule has 0 saturated carbocycles. The lowest BCUT2D eigenvalue weighted by Gasteiger charge is -2.28. The van der Waals surface area contributed by atoms with Crippen molar-refractivity contribution in [3.05, 3.63) is 69.2 Å². The number of benzene rings is 2. The zero-order valence-electron chi connectivity index (χ0n) is 15.7. The number of aryl methyl sites for hydroxylation is 1. The smallest absolute Gasteiger partial charge is 0.328 e. The summed E-state index contributed by atoms with van der Waals surface area (Å²) in [6.07, 6.45) is 4.69. The van der Waals surface area contributed by atoms with Gasteiger partial charge in [0.2, 0.25) is 10.0 Å². The van der Waals surface area contributed by atoms with Crippen molar-refractivity contribution in [1.29, 1.82) is 0 Å². The molecule has 0 fully saturated rings. The van der Waals surface area contributed by atoms with Crippen molar-refractivity contribution >= 4 is 33.7 Å². The van der Waals surface area contributed by atoms with Crippen LogP contribution in [0.3, 0.4) is 0 Å². The average molecular weight is 420 g/mol. The first-order chi connectivity index (χ1) is 13.2. The molecule has 2 aromatic rings. The fourth-order valence-corrected chi connectivity index (χ4v) is 5.01. The Morgan fingerprint density at radius 1 is 1.25 bits per heavy atom. The molecule has 5 nitrogen and oxygen atoms in total. The Labute approximate surface area is 170 Å². The quantitative estimate of drug-likeness (QED) is 0.720. The van der Waals surface area contributed by atoms with E-state index in [-0.39, 0.29) is 10.9 Å². The lowest BCUT2D eigenvalue weighted by molar-refractivity contribution is -0.131. The molecule has 0 saturated heterocycles. The van der Waals surface area contributed by atoms with Crippen molar-refractivity contribution in [2.75, 3.05) is 0 Å². The molecule has 0 aliphatic heterocycles. The minimum absolute atomic E-state index is 0.188. The van der Waals surface area contributed by atoms with E-state index >= 15 is 0 Å². The SMILES string of the molecule is Cc1cc2c(c(C=CC(=O)O)c1C)CCC(NS(=O)(=O)c1ccc(Cl)cc1)C2. The molecule has 148 valence electrons. The standard InChI is InChI=1S/C21H22ClNO4S/c1-13-11-15-12-17(23-28(26,27)18-6-3-16(22)4-7-18)5-8-20(15)19(14(13)2)9-10-21(24)25/h3-4,6-7,9-11,17,23H,5,8,12H2,1-2H3,(H,24,25). The molecule has 1 atom stereocenters. The number of aliphatic carboxylic acids is 1. The summed E-state index contributed by atoms with van der Waals surface area (Å²) in [5.41, 5.74) is 5.20. The van der Waals surface area contributed by atoms with Gasteiger partial charge in [0.25, 0.3) is 0 Å². The van der Waals surface area contributed by atoms with Gasteiger partial charge >= 0.3 is 5.97 Å². The Kier molecular flexibility index (Phi) is 5.93. The molecule has 3 rings (SSSR count). The maximum atomic E-state index is 12.7. The molecule has 2 aromatic carbocycles. The summed E-state index contributed by atoms with van der Waals surface area (Å²) >= 11 is 5.84. The van der Waals surface area contributed by atoms with Gasteiger partial charge in [-0.3, -0.25) is 0 Å². The van der Waals surface area contributed by atoms with Gasteiger partial charge in [0.15, 0.2) is 0 Å². The van der Waals surface area contributed by atoms with Gasteiger partial charge in [-0.05, 0) is 91.3 Å². The van der Waals surface area contributed by atoms with Gasteiger partial charge in [0.05, 0.1) is 4.90 Å². The third-order valence-corrected chi connectivity index (χ3v) is 6.93. The monoisotopic (exact) mass is 419 g/mol. The van der Waals surface area contributed by atoms with E-state index in [4.69, 9.17) is 16.7 Å². The molecule has 7 heteroatoms. The molecule has 0 amide bonds. The van der Waals surface area contributed by atoms with Crippen LogP contribution in [0, 0.1) is 13.8 Å². The number of fused-ring (bicyclic) bond motifs is 1. The number of halogens is 1. The predicted molar refractivity (Wildman–Crippen MR) is 110 cm³/mol. The second kappa shape index (κ2) is 8.07. The Balaban J connectivity index is 1.86. The lowest BCUT2D eigenvalue weighted by Crippen LogP contribution is -2.39. The van der Waals surface area contributed by atoms with E-state index in [0.29, 0.717) is 24.3 Å². The molecule has 1 aliphatic rings. The summed E-state index contributed by atoms with van der Waals surface area (Å²) in [6.45, 7) is 3.96. The van der Waals surface area contributed by atoms with Crippen molar-refractivity contribution in [3.63, 3.8) is 0 Å². The second-order valence-electron chi connectivity index (χ2n) is 7.06. The first-order valence-electron chi connectivity index (χ1n) is 8.98. The summed E-state index contributed by atoms with van der Waals surface area (Å²) in [5, 5.41) is 9.45. The third-order valence-electron chi connectivity index (χ3n) is 5.15. The van der Waals surface area contributed by atoms with E-state index in [1.165, 1.54) is 12.1 Å². The van der Waals surface area contributed by atoms with Crippen molar-refractivity contribution < 1.29 is 18.3 Å². The molecule has 1 unspecified atom stereocenters. The van der Waals surface area contributed by atoms with E-state index in [1.54, 1.807) is 18.2 Å². The van der Waals surface area contributed by atoms with Crippen LogP contribution < -0.4 is 4.72 Å². The number of sulfonamides is 1. The minimum Gasteiger partial charge on any atom is -0.478 e. The van der Waals surface area contributed by atoms with Crippen LogP contribution in [-0.4, -0.2) is 25.5 Å². The largest absolute Gasteiger partial charge is 0.478 e. The van der Waals surface area contributed by atoms with Crippen LogP contribution in [0.25, 0.3) is 6.08 Å². The maximum Gasteiger partial charge on any atom is 0.328 e. The zero-order valence-corrected chi connectivity index (χ0v) is 17.3. The number of carbonyl (C=O) groups is 1. The van der Waals surface area contributed by atoms with Gasteiger partial charge < -0.3 is 5.11 Å². The van der Waals surface area contributed by atoms with Crippen LogP contribution in [0.15, 0.2) is 41.3 Å². The van der Waals surface area contributed by atoms with Gasteiger partial charge in [0, 0.05) is 17.1 Å². The molecule has 0 bridgehead atoms. The molecule has 0 radical (unpaired) electrons. The third kappa shape index (κ3) is 4.46. The van der Waals surface area contributed by atoms with E-state index < -0.39 is 16.0 Å². The van der Waals surface area contributed by atoms with E-state index in [9.17, 15) is 13.2 Å². The fourth-order valence-electron chi connectivity index (χ4n) is 3.61. The molecule has 0 aromatic heterocycles. The summed E-state index contributed by atoms with van der Waals surface area (Å²) < 4.78 is 28.1. The van der Waals surface area contributed by atoms with Crippen LogP contribution in [0.2, 0.25) is 5.02 Å². The topological polar surface area (TPSA) is 83.5 Å². The highest BCUT2D eigenvalue weighted by Crippen LogP contribution is 2.31. The van der Waals surface area contributed by atoms with Gasteiger partial charge in [-0.2, -0.15) is 0 Å². The van der Waals surface area contributed by atoms with Gasteiger partial charge in [-0.1, -0.05) is 17.7 Å². The summed E-state index contributed by atoms with van der Waals surface area (Å²) in [5.74, 6) is -0.987. The molecular weight excluding hydrogens is 398 g/mol. The number of nitrogens with one attached hydrogen (secondary N) is 1. The van der Waals surface area contributed by atoms with Crippen LogP contribution in [0.1, 0.15) is 34.2 Å². The highest BCUT2D eigenvalue weighted by atomic mass is 35.5. The fraction of sp³-hybridized carbons (Fsp3) is 0.286. The highest BCUT2D eigenvalue weighted by molar-refractivity contribution is 7.89. The minimum atomic E-state index is -3.63. The van der Waals surface area contributed by atoms with Crippen LogP contribution in [-0.2, 0) is 27.7 Å². The molecule has 0 heterocycles. The van der Waals surface area contributed by atoms with Gasteiger partial charge in [-0.25, -0.2) is 17.9 Å². The zero-order chi connectivity index (χ0) is 20.5. The highest BCUT2D eigenvalue weighted by Gasteiger charge is 2.26. The molecule has 0 spiro atoms. The Hall–Kier alpha value is -2.15. The van der Waals surface area contributed by atoms with Crippen molar-refractivity contribution in [2.24, 2.45) is 0 Å². The van der Waals surface area contributed by atoms with Gasteiger partial charge in [-0.15, -0.1) is 0 Å². The summed E-state index contributed by atoms with van der Waals surface area (Å²) in [7, 11) is -3.63. The van der Waals surface area contributed by atoms with E-state index in [1.807, 2.05) is 13.8 Å². The van der Waals surface area contributed by atoms with Crippen LogP contribution >= 0.6 is 11.6 Å². The maximum absolute atomic E-state index is 12.7. The number of rotatable bonds is 5. The number of carboxylic acids is 1. The molecular formula is C21H22ClNO4S. The first-order valence-corrected chi connectivity index (χ1v) is 10.8. The first kappa shape index (κ1) is 20.6. The van der Waals surface area contributed by atoms with Crippen LogP contribution in [0.5, 0.6) is 0 Å². The number of carboxylic acid groups (broad SMARTS) is 1. The van der Waals surface area contributed by atoms with E-state index in [2.05, 4.69) is 10.8 Å².